The highest BCUT2D eigenvalue weighted by atomic mass is 32.2. The van der Waals surface area contributed by atoms with Gasteiger partial charge in [0.25, 0.3) is 5.91 Å². The lowest BCUT2D eigenvalue weighted by Gasteiger charge is -2.30. The van der Waals surface area contributed by atoms with Crippen LogP contribution in [0.3, 0.4) is 0 Å². The summed E-state index contributed by atoms with van der Waals surface area (Å²) in [5.41, 5.74) is 6.78. The Morgan fingerprint density at radius 1 is 0.955 bits per heavy atom. The summed E-state index contributed by atoms with van der Waals surface area (Å²) >= 11 is 1.52. The Labute approximate surface area is 262 Å². The van der Waals surface area contributed by atoms with Gasteiger partial charge in [-0.25, -0.2) is 4.68 Å². The van der Waals surface area contributed by atoms with Gasteiger partial charge in [0.15, 0.2) is 12.0 Å². The SMILES string of the molecule is Cc1ccc(-n2ccc(NC(O)c3cc(N4CCCCC4)ccc3NC(=O)c3cccc(CSCCC(=O)O)c3)n2)cc1C. The molecule has 1 amide bonds. The summed E-state index contributed by atoms with van der Waals surface area (Å²) in [5.74, 6) is 0.512. The van der Waals surface area contributed by atoms with Gasteiger partial charge in [-0.2, -0.15) is 16.9 Å². The van der Waals surface area contributed by atoms with Crippen LogP contribution in [0.2, 0.25) is 0 Å². The number of thioether (sulfide) groups is 1. The summed E-state index contributed by atoms with van der Waals surface area (Å²) in [6, 6.07) is 21.0. The first-order valence-electron chi connectivity index (χ1n) is 14.9. The first kappa shape index (κ1) is 31.2. The number of aliphatic hydroxyl groups excluding tert-OH is 1. The number of nitrogens with zero attached hydrogens (tertiary/aromatic N) is 3. The highest BCUT2D eigenvalue weighted by Crippen LogP contribution is 2.31. The first-order valence-corrected chi connectivity index (χ1v) is 16.1. The van der Waals surface area contributed by atoms with Crippen molar-refractivity contribution in [3.63, 3.8) is 0 Å². The molecule has 0 aliphatic carbocycles. The van der Waals surface area contributed by atoms with Crippen LogP contribution in [0.5, 0.6) is 0 Å². The molecule has 4 N–H and O–H groups in total. The predicted octanol–water partition coefficient (Wildman–Crippen LogP) is 6.54. The third-order valence-corrected chi connectivity index (χ3v) is 8.88. The zero-order valence-corrected chi connectivity index (χ0v) is 25.9. The van der Waals surface area contributed by atoms with Gasteiger partial charge in [0.1, 0.15) is 0 Å². The lowest BCUT2D eigenvalue weighted by atomic mass is 10.1. The van der Waals surface area contributed by atoms with Gasteiger partial charge in [-0.1, -0.05) is 18.2 Å². The molecule has 10 heteroatoms. The highest BCUT2D eigenvalue weighted by Gasteiger charge is 2.20. The Balaban J connectivity index is 1.35. The van der Waals surface area contributed by atoms with Crippen molar-refractivity contribution < 1.29 is 19.8 Å². The monoisotopic (exact) mass is 613 g/mol. The van der Waals surface area contributed by atoms with Crippen LogP contribution in [-0.2, 0) is 10.5 Å². The number of carbonyl (C=O) groups is 2. The number of carboxylic acid groups (broad SMARTS) is 1. The van der Waals surface area contributed by atoms with Crippen LogP contribution in [-0.4, -0.2) is 50.7 Å². The van der Waals surface area contributed by atoms with Gasteiger partial charge in [0.05, 0.1) is 12.1 Å². The molecule has 1 atom stereocenters. The number of benzene rings is 3. The van der Waals surface area contributed by atoms with Crippen LogP contribution >= 0.6 is 11.8 Å². The van der Waals surface area contributed by atoms with Crippen molar-refractivity contribution in [1.82, 2.24) is 9.78 Å². The zero-order valence-electron chi connectivity index (χ0n) is 25.1. The normalized spacial score (nSPS) is 13.8. The number of amides is 1. The number of hydrogen-bond acceptors (Lipinski definition) is 7. The van der Waals surface area contributed by atoms with Gasteiger partial charge in [-0.05, 0) is 92.3 Å². The van der Waals surface area contributed by atoms with E-state index in [1.54, 1.807) is 10.7 Å². The van der Waals surface area contributed by atoms with E-state index in [0.717, 1.165) is 42.9 Å². The van der Waals surface area contributed by atoms with E-state index in [1.807, 2.05) is 54.7 Å². The molecule has 9 nitrogen and oxygen atoms in total. The molecular formula is C34H39N5O4S. The summed E-state index contributed by atoms with van der Waals surface area (Å²) < 4.78 is 1.77. The van der Waals surface area contributed by atoms with Crippen LogP contribution in [0.25, 0.3) is 5.69 Å². The molecule has 0 bridgehead atoms. The number of aromatic nitrogens is 2. The Morgan fingerprint density at radius 2 is 1.75 bits per heavy atom. The molecule has 1 unspecified atom stereocenters. The Kier molecular flexibility index (Phi) is 10.2. The van der Waals surface area contributed by atoms with Crippen molar-refractivity contribution >= 4 is 40.8 Å². The first-order chi connectivity index (χ1) is 21.3. The van der Waals surface area contributed by atoms with Gasteiger partial charge >= 0.3 is 5.97 Å². The minimum absolute atomic E-state index is 0.100. The molecule has 0 radical (unpaired) electrons. The number of aryl methyl sites for hydroxylation is 2. The molecule has 5 rings (SSSR count). The van der Waals surface area contributed by atoms with E-state index in [1.165, 1.54) is 29.3 Å². The fraction of sp³-hybridized carbons (Fsp3) is 0.324. The number of carboxylic acids is 1. The number of piperidine rings is 1. The highest BCUT2D eigenvalue weighted by molar-refractivity contribution is 7.98. The zero-order chi connectivity index (χ0) is 31.1. The second-order valence-electron chi connectivity index (χ2n) is 11.1. The fourth-order valence-corrected chi connectivity index (χ4v) is 6.09. The lowest BCUT2D eigenvalue weighted by Crippen LogP contribution is -2.29. The van der Waals surface area contributed by atoms with E-state index >= 15 is 0 Å². The number of hydrogen-bond donors (Lipinski definition) is 4. The van der Waals surface area contributed by atoms with Crippen molar-refractivity contribution in [1.29, 1.82) is 0 Å². The van der Waals surface area contributed by atoms with Gasteiger partial charge in [0.2, 0.25) is 0 Å². The minimum atomic E-state index is -1.13. The molecule has 0 spiro atoms. The Bertz CT molecular complexity index is 1610. The van der Waals surface area contributed by atoms with E-state index in [4.69, 9.17) is 5.11 Å². The number of carbonyl (C=O) groups excluding carboxylic acids is 1. The maximum Gasteiger partial charge on any atom is 0.304 e. The quantitative estimate of drug-likeness (QED) is 0.105. The van der Waals surface area contributed by atoms with E-state index < -0.39 is 12.2 Å². The van der Waals surface area contributed by atoms with Crippen molar-refractivity contribution in [3.05, 3.63) is 101 Å². The van der Waals surface area contributed by atoms with Crippen molar-refractivity contribution in [2.75, 3.05) is 34.4 Å². The van der Waals surface area contributed by atoms with Crippen LogP contribution < -0.4 is 15.5 Å². The van der Waals surface area contributed by atoms with E-state index in [-0.39, 0.29) is 12.3 Å². The van der Waals surface area contributed by atoms with Gasteiger partial charge in [0, 0.05) is 59.4 Å². The van der Waals surface area contributed by atoms with Crippen LogP contribution in [0.1, 0.15) is 64.5 Å². The number of aliphatic carboxylic acids is 1. The molecule has 3 aromatic carbocycles. The summed E-state index contributed by atoms with van der Waals surface area (Å²) in [6.45, 7) is 6.04. The third kappa shape index (κ3) is 8.00. The smallest absolute Gasteiger partial charge is 0.304 e. The van der Waals surface area contributed by atoms with Gasteiger partial charge in [-0.3, -0.25) is 9.59 Å². The number of aliphatic hydroxyl groups is 1. The Hall–Kier alpha value is -4.28. The fourth-order valence-electron chi connectivity index (χ4n) is 5.22. The third-order valence-electron chi connectivity index (χ3n) is 7.85. The largest absolute Gasteiger partial charge is 0.481 e. The summed E-state index contributed by atoms with van der Waals surface area (Å²) in [6.07, 6.45) is 4.27. The molecule has 0 saturated carbocycles. The van der Waals surface area contributed by atoms with E-state index in [0.29, 0.717) is 34.1 Å². The molecule has 1 saturated heterocycles. The standard InChI is InChI=1S/C34H39N5O4S/c1-23-9-10-28(19-24(23)2)39-17-13-31(37-39)36-34(43)29-21-27(38-15-4-3-5-16-38)11-12-30(29)35-33(42)26-8-6-7-25(20-26)22-44-18-14-32(40)41/h6-13,17,19-21,34,43H,3-5,14-16,18,22H2,1-2H3,(H,35,42)(H,36,37)(H,40,41). The number of nitrogens with one attached hydrogen (secondary N) is 2. The lowest BCUT2D eigenvalue weighted by molar-refractivity contribution is -0.136. The van der Waals surface area contributed by atoms with E-state index in [9.17, 15) is 14.7 Å². The average Bonchev–Trinajstić information content (AvgIpc) is 3.49. The maximum atomic E-state index is 13.4. The predicted molar refractivity (Wildman–Crippen MR) is 177 cm³/mol. The summed E-state index contributed by atoms with van der Waals surface area (Å²) in [7, 11) is 0. The topological polar surface area (TPSA) is 120 Å². The molecule has 230 valence electrons. The van der Waals surface area contributed by atoms with Gasteiger partial charge < -0.3 is 25.7 Å². The molecule has 1 fully saturated rings. The Morgan fingerprint density at radius 3 is 2.52 bits per heavy atom. The maximum absolute atomic E-state index is 13.4. The molecule has 1 aliphatic heterocycles. The molecule has 1 aliphatic rings. The molecule has 44 heavy (non-hydrogen) atoms. The second kappa shape index (κ2) is 14.5. The van der Waals surface area contributed by atoms with Crippen LogP contribution in [0.15, 0.2) is 72.9 Å². The second-order valence-corrected chi connectivity index (χ2v) is 12.2. The minimum Gasteiger partial charge on any atom is -0.481 e. The number of anilines is 3. The van der Waals surface area contributed by atoms with Gasteiger partial charge in [-0.15, -0.1) is 0 Å². The molecule has 1 aromatic heterocycles. The molecular weight excluding hydrogens is 574 g/mol. The molecule has 2 heterocycles. The van der Waals surface area contributed by atoms with E-state index in [2.05, 4.69) is 46.6 Å². The number of rotatable bonds is 12. The molecule has 4 aromatic rings. The van der Waals surface area contributed by atoms with Crippen LogP contribution in [0.4, 0.5) is 17.2 Å². The van der Waals surface area contributed by atoms with Crippen molar-refractivity contribution in [2.24, 2.45) is 0 Å². The van der Waals surface area contributed by atoms with Crippen molar-refractivity contribution in [3.8, 4) is 5.69 Å². The summed E-state index contributed by atoms with van der Waals surface area (Å²) in [5, 5.41) is 31.1. The van der Waals surface area contributed by atoms with Crippen molar-refractivity contribution in [2.45, 2.75) is 51.5 Å². The average molecular weight is 614 g/mol. The summed E-state index contributed by atoms with van der Waals surface area (Å²) in [4.78, 5) is 26.5. The van der Waals surface area contributed by atoms with Crippen LogP contribution in [0, 0.1) is 13.8 Å².